The van der Waals surface area contributed by atoms with Crippen LogP contribution in [-0.2, 0) is 5.75 Å². The van der Waals surface area contributed by atoms with Crippen molar-refractivity contribution in [3.63, 3.8) is 0 Å². The van der Waals surface area contributed by atoms with Crippen LogP contribution < -0.4 is 5.73 Å². The summed E-state index contributed by atoms with van der Waals surface area (Å²) in [4.78, 5) is 4.20. The molecule has 0 aliphatic carbocycles. The van der Waals surface area contributed by atoms with Gasteiger partial charge in [-0.3, -0.25) is 0 Å². The van der Waals surface area contributed by atoms with Gasteiger partial charge >= 0.3 is 0 Å². The van der Waals surface area contributed by atoms with Crippen molar-refractivity contribution in [2.75, 3.05) is 12.3 Å². The van der Waals surface area contributed by atoms with Gasteiger partial charge in [-0.2, -0.15) is 16.9 Å². The van der Waals surface area contributed by atoms with Gasteiger partial charge in [0.15, 0.2) is 0 Å². The number of nitrogens with two attached hydrogens (primary N) is 1. The Balaban J connectivity index is 2.50. The maximum Gasteiger partial charge on any atom is 0.138 e. The predicted molar refractivity (Wildman–Crippen MR) is 55.6 cm³/mol. The molecule has 1 aromatic rings. The van der Waals surface area contributed by atoms with Gasteiger partial charge in [0.2, 0.25) is 0 Å². The average Bonchev–Trinajstić information content (AvgIpc) is 2.53. The van der Waals surface area contributed by atoms with Gasteiger partial charge in [-0.25, -0.2) is 9.67 Å². The molecule has 5 heteroatoms. The first-order valence-electron chi connectivity index (χ1n) is 4.42. The topological polar surface area (TPSA) is 56.7 Å². The Hall–Kier alpha value is -0.550. The summed E-state index contributed by atoms with van der Waals surface area (Å²) in [7, 11) is 0. The van der Waals surface area contributed by atoms with Gasteiger partial charge in [0.1, 0.15) is 12.2 Å². The number of rotatable bonds is 5. The lowest BCUT2D eigenvalue weighted by Gasteiger charge is -2.08. The number of hydrogen-bond acceptors (Lipinski definition) is 4. The molecule has 0 atom stereocenters. The predicted octanol–water partition coefficient (Wildman–Crippen LogP) is 1.05. The minimum absolute atomic E-state index is 0.385. The van der Waals surface area contributed by atoms with E-state index in [0.717, 1.165) is 23.9 Å². The highest BCUT2D eigenvalue weighted by Crippen LogP contribution is 2.12. The molecule has 1 rings (SSSR count). The molecule has 0 unspecified atom stereocenters. The molecule has 1 aromatic heterocycles. The summed E-state index contributed by atoms with van der Waals surface area (Å²) < 4.78 is 1.95. The first-order chi connectivity index (χ1) is 6.25. The Kier molecular flexibility index (Phi) is 4.24. The van der Waals surface area contributed by atoms with Crippen molar-refractivity contribution in [3.05, 3.63) is 12.2 Å². The second-order valence-electron chi connectivity index (χ2n) is 3.06. The van der Waals surface area contributed by atoms with Gasteiger partial charge in [-0.15, -0.1) is 0 Å². The molecule has 0 aromatic carbocycles. The Morgan fingerprint density at radius 3 is 3.00 bits per heavy atom. The van der Waals surface area contributed by atoms with Crippen molar-refractivity contribution in [2.45, 2.75) is 25.6 Å². The zero-order valence-electron chi connectivity index (χ0n) is 8.10. The van der Waals surface area contributed by atoms with Crippen LogP contribution in [0.2, 0.25) is 0 Å². The third kappa shape index (κ3) is 3.00. The number of aromatic nitrogens is 3. The van der Waals surface area contributed by atoms with Crippen LogP contribution in [0.4, 0.5) is 0 Å². The van der Waals surface area contributed by atoms with Crippen molar-refractivity contribution < 1.29 is 0 Å². The largest absolute Gasteiger partial charge is 0.330 e. The Morgan fingerprint density at radius 1 is 1.62 bits per heavy atom. The molecule has 0 aliphatic rings. The molecule has 4 nitrogen and oxygen atoms in total. The first kappa shape index (κ1) is 10.5. The fraction of sp³-hybridized carbons (Fsp3) is 0.750. The summed E-state index contributed by atoms with van der Waals surface area (Å²) in [5.41, 5.74) is 5.40. The van der Waals surface area contributed by atoms with Crippen LogP contribution in [-0.4, -0.2) is 27.1 Å². The van der Waals surface area contributed by atoms with E-state index in [4.69, 9.17) is 5.73 Å². The molecule has 13 heavy (non-hydrogen) atoms. The summed E-state index contributed by atoms with van der Waals surface area (Å²) >= 11 is 1.79. The SMILES string of the molecule is CC(C)n1ncnc1CSCCN. The minimum atomic E-state index is 0.385. The van der Waals surface area contributed by atoms with Crippen LogP contribution in [0.1, 0.15) is 25.7 Å². The summed E-state index contributed by atoms with van der Waals surface area (Å²) in [5, 5.41) is 4.16. The fourth-order valence-electron chi connectivity index (χ4n) is 1.06. The van der Waals surface area contributed by atoms with E-state index in [-0.39, 0.29) is 0 Å². The lowest BCUT2D eigenvalue weighted by Crippen LogP contribution is -2.08. The van der Waals surface area contributed by atoms with E-state index >= 15 is 0 Å². The van der Waals surface area contributed by atoms with E-state index in [1.54, 1.807) is 18.1 Å². The van der Waals surface area contributed by atoms with Crippen molar-refractivity contribution in [3.8, 4) is 0 Å². The van der Waals surface area contributed by atoms with Gasteiger partial charge < -0.3 is 5.73 Å². The Labute approximate surface area is 82.9 Å². The van der Waals surface area contributed by atoms with Gasteiger partial charge in [-0.05, 0) is 13.8 Å². The van der Waals surface area contributed by atoms with Crippen LogP contribution >= 0.6 is 11.8 Å². The van der Waals surface area contributed by atoms with Crippen molar-refractivity contribution in [1.29, 1.82) is 0 Å². The van der Waals surface area contributed by atoms with Crippen LogP contribution in [0.5, 0.6) is 0 Å². The first-order valence-corrected chi connectivity index (χ1v) is 5.57. The molecule has 0 aliphatic heterocycles. The smallest absolute Gasteiger partial charge is 0.138 e. The summed E-state index contributed by atoms with van der Waals surface area (Å²) in [6.07, 6.45) is 1.61. The van der Waals surface area contributed by atoms with E-state index in [1.165, 1.54) is 0 Å². The molecular formula is C8H16N4S. The van der Waals surface area contributed by atoms with E-state index < -0.39 is 0 Å². The maximum absolute atomic E-state index is 5.40. The van der Waals surface area contributed by atoms with Crippen molar-refractivity contribution >= 4 is 11.8 Å². The van der Waals surface area contributed by atoms with E-state index in [9.17, 15) is 0 Å². The molecule has 0 amide bonds. The summed E-state index contributed by atoms with van der Waals surface area (Å²) in [6, 6.07) is 0.385. The normalized spacial score (nSPS) is 11.1. The van der Waals surface area contributed by atoms with E-state index in [2.05, 4.69) is 23.9 Å². The Morgan fingerprint density at radius 2 is 2.38 bits per heavy atom. The van der Waals surface area contributed by atoms with Gasteiger partial charge in [-0.1, -0.05) is 0 Å². The molecular weight excluding hydrogens is 184 g/mol. The van der Waals surface area contributed by atoms with Gasteiger partial charge in [0.05, 0.1) is 5.75 Å². The maximum atomic E-state index is 5.40. The standard InChI is InChI=1S/C8H16N4S/c1-7(2)12-8(10-6-11-12)5-13-4-3-9/h6-7H,3-5,9H2,1-2H3. The molecule has 0 spiro atoms. The molecule has 0 bridgehead atoms. The zero-order valence-corrected chi connectivity index (χ0v) is 8.92. The third-order valence-electron chi connectivity index (χ3n) is 1.63. The fourth-order valence-corrected chi connectivity index (χ4v) is 1.76. The summed E-state index contributed by atoms with van der Waals surface area (Å²) in [6.45, 7) is 4.93. The van der Waals surface area contributed by atoms with Crippen LogP contribution in [0.25, 0.3) is 0 Å². The minimum Gasteiger partial charge on any atom is -0.330 e. The van der Waals surface area contributed by atoms with E-state index in [1.807, 2.05) is 4.68 Å². The monoisotopic (exact) mass is 200 g/mol. The second-order valence-corrected chi connectivity index (χ2v) is 4.16. The van der Waals surface area contributed by atoms with Crippen molar-refractivity contribution in [1.82, 2.24) is 14.8 Å². The quantitative estimate of drug-likeness (QED) is 0.722. The van der Waals surface area contributed by atoms with E-state index in [0.29, 0.717) is 6.04 Å². The highest BCUT2D eigenvalue weighted by atomic mass is 32.2. The van der Waals surface area contributed by atoms with Gasteiger partial charge in [0, 0.05) is 18.3 Å². The van der Waals surface area contributed by atoms with Crippen LogP contribution in [0.15, 0.2) is 6.33 Å². The van der Waals surface area contributed by atoms with Crippen LogP contribution in [0.3, 0.4) is 0 Å². The molecule has 0 radical (unpaired) electrons. The summed E-state index contributed by atoms with van der Waals surface area (Å²) in [5.74, 6) is 2.91. The molecule has 2 N–H and O–H groups in total. The molecule has 0 saturated heterocycles. The lowest BCUT2D eigenvalue weighted by atomic mass is 10.4. The highest BCUT2D eigenvalue weighted by molar-refractivity contribution is 7.98. The zero-order chi connectivity index (χ0) is 9.68. The molecule has 1 heterocycles. The lowest BCUT2D eigenvalue weighted by molar-refractivity contribution is 0.514. The Bertz CT molecular complexity index is 246. The molecule has 74 valence electrons. The number of nitrogens with zero attached hydrogens (tertiary/aromatic N) is 3. The van der Waals surface area contributed by atoms with Gasteiger partial charge in [0.25, 0.3) is 0 Å². The second kappa shape index (κ2) is 5.24. The molecule has 0 saturated carbocycles. The third-order valence-corrected chi connectivity index (χ3v) is 2.62. The highest BCUT2D eigenvalue weighted by Gasteiger charge is 2.06. The average molecular weight is 200 g/mol. The number of thioether (sulfide) groups is 1. The number of hydrogen-bond donors (Lipinski definition) is 1. The van der Waals surface area contributed by atoms with Crippen molar-refractivity contribution in [2.24, 2.45) is 5.73 Å². The molecule has 0 fully saturated rings. The van der Waals surface area contributed by atoms with Crippen LogP contribution in [0, 0.1) is 0 Å².